The Morgan fingerprint density at radius 1 is 1.15 bits per heavy atom. The molecule has 2 aromatic carbocycles. The van der Waals surface area contributed by atoms with E-state index < -0.39 is 0 Å². The number of methoxy groups -OCH3 is 1. The van der Waals surface area contributed by atoms with E-state index in [1.165, 1.54) is 16.7 Å². The number of carbonyl (C=O) groups excluding carboxylic acids is 1. The van der Waals surface area contributed by atoms with Crippen molar-refractivity contribution in [2.45, 2.75) is 51.6 Å². The van der Waals surface area contributed by atoms with E-state index in [9.17, 15) is 4.79 Å². The number of ether oxygens (including phenoxy) is 1. The van der Waals surface area contributed by atoms with Crippen LogP contribution in [0.25, 0.3) is 11.4 Å². The SMILES string of the molecule is COc1ccc2c(c1)CCCC2NC(=O)C1CCN(Cc2nc(-c3ccc(C)cc3)no2)CC1. The fourth-order valence-electron chi connectivity index (χ4n) is 5.04. The molecule has 1 N–H and O–H groups in total. The molecule has 0 spiro atoms. The molecule has 5 rings (SSSR count). The van der Waals surface area contributed by atoms with Gasteiger partial charge < -0.3 is 14.6 Å². The molecule has 1 atom stereocenters. The number of likely N-dealkylation sites (tertiary alicyclic amines) is 1. The molecule has 2 heterocycles. The summed E-state index contributed by atoms with van der Waals surface area (Å²) in [6.07, 6.45) is 4.79. The highest BCUT2D eigenvalue weighted by Crippen LogP contribution is 2.33. The second-order valence-electron chi connectivity index (χ2n) is 9.45. The van der Waals surface area contributed by atoms with Crippen LogP contribution in [-0.2, 0) is 17.8 Å². The first kappa shape index (κ1) is 22.6. The van der Waals surface area contributed by atoms with Crippen molar-refractivity contribution in [1.82, 2.24) is 20.4 Å². The summed E-state index contributed by atoms with van der Waals surface area (Å²) in [7, 11) is 1.69. The van der Waals surface area contributed by atoms with E-state index in [0.717, 1.165) is 56.5 Å². The number of piperidine rings is 1. The molecule has 1 aromatic heterocycles. The Bertz CT molecular complexity index is 1130. The number of aryl methyl sites for hydroxylation is 2. The predicted octanol–water partition coefficient (Wildman–Crippen LogP) is 4.46. The van der Waals surface area contributed by atoms with Crippen LogP contribution in [0.3, 0.4) is 0 Å². The minimum atomic E-state index is 0.0469. The summed E-state index contributed by atoms with van der Waals surface area (Å²) in [6, 6.07) is 14.4. The Kier molecular flexibility index (Phi) is 6.63. The van der Waals surface area contributed by atoms with E-state index >= 15 is 0 Å². The van der Waals surface area contributed by atoms with Crippen LogP contribution in [0.4, 0.5) is 0 Å². The molecule has 178 valence electrons. The molecular weight excluding hydrogens is 428 g/mol. The molecule has 3 aromatic rings. The lowest BCUT2D eigenvalue weighted by molar-refractivity contribution is -0.127. The van der Waals surface area contributed by atoms with Gasteiger partial charge in [0.05, 0.1) is 19.7 Å². The molecule has 1 aliphatic heterocycles. The van der Waals surface area contributed by atoms with E-state index in [0.29, 0.717) is 18.3 Å². The Morgan fingerprint density at radius 3 is 2.71 bits per heavy atom. The summed E-state index contributed by atoms with van der Waals surface area (Å²) < 4.78 is 10.9. The quantitative estimate of drug-likeness (QED) is 0.585. The Morgan fingerprint density at radius 2 is 1.94 bits per heavy atom. The van der Waals surface area contributed by atoms with Crippen LogP contribution in [0.5, 0.6) is 5.75 Å². The molecule has 7 heteroatoms. The van der Waals surface area contributed by atoms with E-state index in [-0.39, 0.29) is 17.9 Å². The van der Waals surface area contributed by atoms with Gasteiger partial charge in [0.2, 0.25) is 17.6 Å². The lowest BCUT2D eigenvalue weighted by Gasteiger charge is -2.32. The zero-order chi connectivity index (χ0) is 23.5. The van der Waals surface area contributed by atoms with Crippen molar-refractivity contribution in [2.24, 2.45) is 5.92 Å². The van der Waals surface area contributed by atoms with Crippen LogP contribution in [-0.4, -0.2) is 41.1 Å². The van der Waals surface area contributed by atoms with Gasteiger partial charge in [-0.05, 0) is 75.4 Å². The zero-order valence-corrected chi connectivity index (χ0v) is 19.9. The Balaban J connectivity index is 1.13. The number of benzene rings is 2. The van der Waals surface area contributed by atoms with E-state index in [1.54, 1.807) is 7.11 Å². The minimum absolute atomic E-state index is 0.0469. The summed E-state index contributed by atoms with van der Waals surface area (Å²) in [5, 5.41) is 7.47. The van der Waals surface area contributed by atoms with Crippen molar-refractivity contribution < 1.29 is 14.1 Å². The second-order valence-corrected chi connectivity index (χ2v) is 9.45. The first-order chi connectivity index (χ1) is 16.6. The average Bonchev–Trinajstić information content (AvgIpc) is 3.33. The molecule has 1 aliphatic carbocycles. The summed E-state index contributed by atoms with van der Waals surface area (Å²) >= 11 is 0. The molecule has 7 nitrogen and oxygen atoms in total. The maximum Gasteiger partial charge on any atom is 0.241 e. The smallest absolute Gasteiger partial charge is 0.241 e. The lowest BCUT2D eigenvalue weighted by Crippen LogP contribution is -2.41. The van der Waals surface area contributed by atoms with Crippen LogP contribution in [0.2, 0.25) is 0 Å². The molecule has 1 amide bonds. The number of nitrogens with one attached hydrogen (secondary N) is 1. The third kappa shape index (κ3) is 4.99. The van der Waals surface area contributed by atoms with Crippen molar-refractivity contribution in [1.29, 1.82) is 0 Å². The highest BCUT2D eigenvalue weighted by Gasteiger charge is 2.29. The van der Waals surface area contributed by atoms with Crippen LogP contribution in [0, 0.1) is 12.8 Å². The number of fused-ring (bicyclic) bond motifs is 1. The first-order valence-corrected chi connectivity index (χ1v) is 12.2. The van der Waals surface area contributed by atoms with Crippen molar-refractivity contribution in [2.75, 3.05) is 20.2 Å². The second kappa shape index (κ2) is 9.97. The minimum Gasteiger partial charge on any atom is -0.497 e. The maximum absolute atomic E-state index is 13.1. The van der Waals surface area contributed by atoms with Crippen LogP contribution < -0.4 is 10.1 Å². The maximum atomic E-state index is 13.1. The van der Waals surface area contributed by atoms with Crippen molar-refractivity contribution in [3.05, 3.63) is 65.0 Å². The van der Waals surface area contributed by atoms with E-state index in [1.807, 2.05) is 30.3 Å². The number of aromatic nitrogens is 2. The van der Waals surface area contributed by atoms with Crippen LogP contribution >= 0.6 is 0 Å². The number of rotatable bonds is 6. The van der Waals surface area contributed by atoms with Gasteiger partial charge in [0.15, 0.2) is 0 Å². The standard InChI is InChI=1S/C27H32N4O3/c1-18-6-8-19(9-7-18)26-29-25(34-30-26)17-31-14-12-20(13-15-31)27(32)28-24-5-3-4-21-16-22(33-2)10-11-23(21)24/h6-11,16,20,24H,3-5,12-15,17H2,1-2H3,(H,28,32). The average molecular weight is 461 g/mol. The highest BCUT2D eigenvalue weighted by atomic mass is 16.5. The third-order valence-electron chi connectivity index (χ3n) is 7.08. The van der Waals surface area contributed by atoms with Crippen LogP contribution in [0.1, 0.15) is 54.3 Å². The summed E-state index contributed by atoms with van der Waals surface area (Å²) in [4.78, 5) is 19.9. The topological polar surface area (TPSA) is 80.5 Å². The predicted molar refractivity (Wildman–Crippen MR) is 129 cm³/mol. The number of amides is 1. The normalized spacial score (nSPS) is 18.9. The summed E-state index contributed by atoms with van der Waals surface area (Å²) in [5.74, 6) is 2.34. The van der Waals surface area contributed by atoms with Gasteiger partial charge >= 0.3 is 0 Å². The lowest BCUT2D eigenvalue weighted by atomic mass is 9.86. The summed E-state index contributed by atoms with van der Waals surface area (Å²) in [5.41, 5.74) is 4.68. The van der Waals surface area contributed by atoms with Gasteiger partial charge in [-0.2, -0.15) is 4.98 Å². The van der Waals surface area contributed by atoms with Gasteiger partial charge in [-0.3, -0.25) is 9.69 Å². The molecule has 0 bridgehead atoms. The largest absolute Gasteiger partial charge is 0.497 e. The number of nitrogens with zero attached hydrogens (tertiary/aromatic N) is 3. The van der Waals surface area contributed by atoms with Crippen molar-refractivity contribution >= 4 is 5.91 Å². The van der Waals surface area contributed by atoms with Gasteiger partial charge in [-0.1, -0.05) is 41.1 Å². The molecule has 1 fully saturated rings. The third-order valence-corrected chi connectivity index (χ3v) is 7.08. The van der Waals surface area contributed by atoms with Crippen molar-refractivity contribution in [3.8, 4) is 17.1 Å². The van der Waals surface area contributed by atoms with E-state index in [4.69, 9.17) is 9.26 Å². The van der Waals surface area contributed by atoms with Gasteiger partial charge in [0, 0.05) is 11.5 Å². The van der Waals surface area contributed by atoms with E-state index in [2.05, 4.69) is 39.4 Å². The fraction of sp³-hybridized carbons (Fsp3) is 0.444. The van der Waals surface area contributed by atoms with Gasteiger partial charge in [-0.15, -0.1) is 0 Å². The Labute approximate surface area is 200 Å². The zero-order valence-electron chi connectivity index (χ0n) is 19.9. The highest BCUT2D eigenvalue weighted by molar-refractivity contribution is 5.79. The fourth-order valence-corrected chi connectivity index (χ4v) is 5.04. The first-order valence-electron chi connectivity index (χ1n) is 12.2. The molecule has 1 saturated heterocycles. The molecular formula is C27H32N4O3. The van der Waals surface area contributed by atoms with Crippen molar-refractivity contribution in [3.63, 3.8) is 0 Å². The van der Waals surface area contributed by atoms with Crippen LogP contribution in [0.15, 0.2) is 47.0 Å². The van der Waals surface area contributed by atoms with Gasteiger partial charge in [-0.25, -0.2) is 0 Å². The molecule has 1 unspecified atom stereocenters. The number of carbonyl (C=O) groups is 1. The molecule has 0 radical (unpaired) electrons. The van der Waals surface area contributed by atoms with Gasteiger partial charge in [0.1, 0.15) is 5.75 Å². The number of hydrogen-bond acceptors (Lipinski definition) is 6. The molecule has 0 saturated carbocycles. The van der Waals surface area contributed by atoms with Gasteiger partial charge in [0.25, 0.3) is 0 Å². The monoisotopic (exact) mass is 460 g/mol. The number of hydrogen-bond donors (Lipinski definition) is 1. The Hall–Kier alpha value is -3.19. The molecule has 2 aliphatic rings. The molecule has 34 heavy (non-hydrogen) atoms. The summed E-state index contributed by atoms with van der Waals surface area (Å²) in [6.45, 7) is 4.36.